The molecule has 16 heavy (non-hydrogen) atoms. The smallest absolute Gasteiger partial charge is 0.125 e. The van der Waals surface area contributed by atoms with Crippen molar-refractivity contribution >= 4 is 11.9 Å². The molecule has 0 aliphatic carbocycles. The summed E-state index contributed by atoms with van der Waals surface area (Å²) >= 11 is 0. The molecule has 1 aliphatic rings. The van der Waals surface area contributed by atoms with E-state index < -0.39 is 6.17 Å². The molecule has 0 bridgehead atoms. The van der Waals surface area contributed by atoms with Gasteiger partial charge in [-0.3, -0.25) is 0 Å². The van der Waals surface area contributed by atoms with E-state index in [-0.39, 0.29) is 5.75 Å². The minimum atomic E-state index is -0.468. The number of dihydropyridines is 1. The Kier molecular flexibility index (Phi) is 2.74. The fourth-order valence-corrected chi connectivity index (χ4v) is 1.48. The van der Waals surface area contributed by atoms with Crippen molar-refractivity contribution in [1.82, 2.24) is 0 Å². The summed E-state index contributed by atoms with van der Waals surface area (Å²) in [4.78, 5) is 4.03. The van der Waals surface area contributed by atoms with Crippen molar-refractivity contribution in [3.63, 3.8) is 0 Å². The largest absolute Gasteiger partial charge is 0.507 e. The normalized spacial score (nSPS) is 22.2. The van der Waals surface area contributed by atoms with Gasteiger partial charge in [0.1, 0.15) is 17.8 Å². The number of aliphatic imine (C=N–C) groups is 1. The van der Waals surface area contributed by atoms with Crippen LogP contribution in [0.3, 0.4) is 0 Å². The highest BCUT2D eigenvalue weighted by Gasteiger charge is 2.10. The molecule has 2 rings (SSSR count). The van der Waals surface area contributed by atoms with Gasteiger partial charge in [-0.15, -0.1) is 0 Å². The molecule has 0 saturated heterocycles. The zero-order chi connectivity index (χ0) is 11.5. The molecule has 4 nitrogen and oxygen atoms in total. The summed E-state index contributed by atoms with van der Waals surface area (Å²) in [5, 5.41) is 9.61. The molecule has 0 spiro atoms. The zero-order valence-electron chi connectivity index (χ0n) is 8.67. The number of para-hydroxylation sites is 1. The lowest BCUT2D eigenvalue weighted by Crippen LogP contribution is -2.26. The van der Waals surface area contributed by atoms with Gasteiger partial charge < -0.3 is 16.6 Å². The third-order valence-electron chi connectivity index (χ3n) is 2.34. The molecule has 1 heterocycles. The molecule has 0 radical (unpaired) electrons. The average molecular weight is 215 g/mol. The lowest BCUT2D eigenvalue weighted by Gasteiger charge is -2.13. The highest BCUT2D eigenvalue weighted by atomic mass is 16.3. The molecule has 1 aliphatic heterocycles. The summed E-state index contributed by atoms with van der Waals surface area (Å²) < 4.78 is 0. The lowest BCUT2D eigenvalue weighted by molar-refractivity contribution is 0.474. The van der Waals surface area contributed by atoms with Gasteiger partial charge >= 0.3 is 0 Å². The summed E-state index contributed by atoms with van der Waals surface area (Å²) in [5.74, 6) is 0.639. The fraction of sp³-hybridized carbons (Fsp3) is 0.0833. The second-order valence-electron chi connectivity index (χ2n) is 3.54. The van der Waals surface area contributed by atoms with Gasteiger partial charge in [0.05, 0.1) is 0 Å². The van der Waals surface area contributed by atoms with Gasteiger partial charge in [0.2, 0.25) is 0 Å². The maximum absolute atomic E-state index is 9.61. The number of aromatic hydroxyl groups is 1. The minimum absolute atomic E-state index is 0.220. The first kappa shape index (κ1) is 10.4. The van der Waals surface area contributed by atoms with E-state index in [2.05, 4.69) is 4.99 Å². The van der Waals surface area contributed by atoms with E-state index in [1.54, 1.807) is 30.4 Å². The number of phenolic OH excluding ortho intramolecular Hbond substituents is 1. The quantitative estimate of drug-likeness (QED) is 0.653. The van der Waals surface area contributed by atoms with Gasteiger partial charge in [0, 0.05) is 5.56 Å². The Morgan fingerprint density at radius 3 is 2.69 bits per heavy atom. The van der Waals surface area contributed by atoms with Crippen LogP contribution in [0.25, 0.3) is 6.08 Å². The molecule has 0 fully saturated rings. The minimum Gasteiger partial charge on any atom is -0.507 e. The topological polar surface area (TPSA) is 84.6 Å². The van der Waals surface area contributed by atoms with E-state index in [0.29, 0.717) is 11.4 Å². The van der Waals surface area contributed by atoms with Crippen LogP contribution in [0.5, 0.6) is 5.75 Å². The van der Waals surface area contributed by atoms with Crippen molar-refractivity contribution in [2.75, 3.05) is 0 Å². The SMILES string of the molecule is NC1=NC(N)C(=Cc2ccccc2O)C=C1. The summed E-state index contributed by atoms with van der Waals surface area (Å²) in [5.41, 5.74) is 12.8. The molecular weight excluding hydrogens is 202 g/mol. The molecule has 1 aromatic carbocycles. The van der Waals surface area contributed by atoms with Crippen molar-refractivity contribution < 1.29 is 5.11 Å². The predicted molar refractivity (Wildman–Crippen MR) is 64.8 cm³/mol. The summed E-state index contributed by atoms with van der Waals surface area (Å²) in [6, 6.07) is 7.05. The molecule has 1 atom stereocenters. The molecule has 0 saturated carbocycles. The first-order valence-electron chi connectivity index (χ1n) is 4.93. The Labute approximate surface area is 93.6 Å². The Balaban J connectivity index is 2.33. The van der Waals surface area contributed by atoms with Crippen molar-refractivity contribution in [3.05, 3.63) is 47.6 Å². The van der Waals surface area contributed by atoms with Crippen molar-refractivity contribution in [2.45, 2.75) is 6.17 Å². The van der Waals surface area contributed by atoms with Crippen LogP contribution >= 0.6 is 0 Å². The second-order valence-corrected chi connectivity index (χ2v) is 3.54. The first-order chi connectivity index (χ1) is 7.66. The average Bonchev–Trinajstić information content (AvgIpc) is 2.25. The summed E-state index contributed by atoms with van der Waals surface area (Å²) in [7, 11) is 0. The third kappa shape index (κ3) is 2.12. The molecule has 0 amide bonds. The Hall–Kier alpha value is -2.07. The standard InChI is InChI=1S/C12H13N3O/c13-11-6-5-9(12(14)15-11)7-8-3-1-2-4-10(8)16/h1-7,12,16H,14H2,(H2,13,15). The molecule has 1 aromatic rings. The van der Waals surface area contributed by atoms with Crippen LogP contribution in [0.1, 0.15) is 5.56 Å². The third-order valence-corrected chi connectivity index (χ3v) is 2.34. The maximum atomic E-state index is 9.61. The second kappa shape index (κ2) is 4.20. The molecule has 82 valence electrons. The molecule has 1 unspecified atom stereocenters. The Morgan fingerprint density at radius 1 is 1.25 bits per heavy atom. The first-order valence-corrected chi connectivity index (χ1v) is 4.93. The van der Waals surface area contributed by atoms with E-state index in [0.717, 1.165) is 5.57 Å². The Bertz CT molecular complexity index is 489. The number of hydrogen-bond donors (Lipinski definition) is 3. The van der Waals surface area contributed by atoms with Crippen LogP contribution in [-0.4, -0.2) is 17.1 Å². The number of benzene rings is 1. The van der Waals surface area contributed by atoms with Gasteiger partial charge in [-0.2, -0.15) is 0 Å². The van der Waals surface area contributed by atoms with Gasteiger partial charge in [-0.1, -0.05) is 24.3 Å². The zero-order valence-corrected chi connectivity index (χ0v) is 8.67. The van der Waals surface area contributed by atoms with Crippen LogP contribution in [-0.2, 0) is 0 Å². The number of rotatable bonds is 1. The van der Waals surface area contributed by atoms with E-state index >= 15 is 0 Å². The number of phenols is 1. The number of amidine groups is 1. The monoisotopic (exact) mass is 215 g/mol. The van der Waals surface area contributed by atoms with Gasteiger partial charge in [0.15, 0.2) is 0 Å². The van der Waals surface area contributed by atoms with E-state index in [1.165, 1.54) is 0 Å². The molecule has 0 aromatic heterocycles. The van der Waals surface area contributed by atoms with Gasteiger partial charge in [-0.05, 0) is 23.8 Å². The van der Waals surface area contributed by atoms with Crippen LogP contribution in [0, 0.1) is 0 Å². The highest BCUT2D eigenvalue weighted by Crippen LogP contribution is 2.21. The van der Waals surface area contributed by atoms with Gasteiger partial charge in [0.25, 0.3) is 0 Å². The number of hydrogen-bond acceptors (Lipinski definition) is 4. The van der Waals surface area contributed by atoms with Crippen molar-refractivity contribution in [1.29, 1.82) is 0 Å². The van der Waals surface area contributed by atoms with E-state index in [1.807, 2.05) is 12.1 Å². The van der Waals surface area contributed by atoms with Gasteiger partial charge in [-0.25, -0.2) is 4.99 Å². The van der Waals surface area contributed by atoms with Crippen LogP contribution < -0.4 is 11.5 Å². The summed E-state index contributed by atoms with van der Waals surface area (Å²) in [6.07, 6.45) is 4.82. The number of nitrogens with two attached hydrogens (primary N) is 2. The predicted octanol–water partition coefficient (Wildman–Crippen LogP) is 0.987. The fourth-order valence-electron chi connectivity index (χ4n) is 1.48. The van der Waals surface area contributed by atoms with E-state index in [9.17, 15) is 5.11 Å². The highest BCUT2D eigenvalue weighted by molar-refractivity contribution is 5.93. The maximum Gasteiger partial charge on any atom is 0.125 e. The van der Waals surface area contributed by atoms with Crippen molar-refractivity contribution in [2.24, 2.45) is 16.5 Å². The Morgan fingerprint density at radius 2 is 2.00 bits per heavy atom. The van der Waals surface area contributed by atoms with E-state index in [4.69, 9.17) is 11.5 Å². The summed E-state index contributed by atoms with van der Waals surface area (Å²) in [6.45, 7) is 0. The van der Waals surface area contributed by atoms with Crippen LogP contribution in [0.15, 0.2) is 47.0 Å². The van der Waals surface area contributed by atoms with Crippen LogP contribution in [0.4, 0.5) is 0 Å². The van der Waals surface area contributed by atoms with Crippen LogP contribution in [0.2, 0.25) is 0 Å². The molecular formula is C12H13N3O. The number of nitrogens with zero attached hydrogens (tertiary/aromatic N) is 1. The van der Waals surface area contributed by atoms with Crippen molar-refractivity contribution in [3.8, 4) is 5.75 Å². The molecule has 4 heteroatoms. The molecule has 5 N–H and O–H groups in total. The lowest BCUT2D eigenvalue weighted by atomic mass is 10.1.